The van der Waals surface area contributed by atoms with Gasteiger partial charge in [-0.15, -0.1) is 0 Å². The molecule has 1 rings (SSSR count). The van der Waals surface area contributed by atoms with Crippen molar-refractivity contribution in [3.05, 3.63) is 0 Å². The van der Waals surface area contributed by atoms with E-state index in [4.69, 9.17) is 0 Å². The second-order valence-corrected chi connectivity index (χ2v) is 4.68. The molecule has 0 aliphatic carbocycles. The van der Waals surface area contributed by atoms with Gasteiger partial charge in [-0.25, -0.2) is 4.39 Å². The molecule has 2 unspecified atom stereocenters. The van der Waals surface area contributed by atoms with E-state index in [-0.39, 0.29) is 3.92 Å². The van der Waals surface area contributed by atoms with Crippen LogP contribution < -0.4 is 0 Å². The average Bonchev–Trinajstić information content (AvgIpc) is 2.13. The highest BCUT2D eigenvalue weighted by Crippen LogP contribution is 2.22. The summed E-state index contributed by atoms with van der Waals surface area (Å²) in [5.74, 6) is 0. The number of likely N-dealkylation sites (tertiary alicyclic amines) is 1. The SMILES string of the molecule is CC(C)N1CC(F)C(I)C1. The van der Waals surface area contributed by atoms with Crippen LogP contribution in [0.3, 0.4) is 0 Å². The van der Waals surface area contributed by atoms with Crippen molar-refractivity contribution in [1.82, 2.24) is 4.90 Å². The normalized spacial score (nSPS) is 35.7. The number of nitrogens with zero attached hydrogens (tertiary/aromatic N) is 1. The quantitative estimate of drug-likeness (QED) is 0.512. The van der Waals surface area contributed by atoms with E-state index < -0.39 is 6.17 Å². The van der Waals surface area contributed by atoms with Gasteiger partial charge in [-0.2, -0.15) is 0 Å². The first-order chi connectivity index (χ1) is 4.61. The molecule has 0 aromatic carbocycles. The highest BCUT2D eigenvalue weighted by atomic mass is 127. The smallest absolute Gasteiger partial charge is 0.126 e. The summed E-state index contributed by atoms with van der Waals surface area (Å²) in [4.78, 5) is 2.18. The van der Waals surface area contributed by atoms with Crippen molar-refractivity contribution < 1.29 is 4.39 Å². The van der Waals surface area contributed by atoms with Crippen molar-refractivity contribution in [2.45, 2.75) is 30.0 Å². The molecule has 0 spiro atoms. The fourth-order valence-corrected chi connectivity index (χ4v) is 1.91. The van der Waals surface area contributed by atoms with Crippen molar-refractivity contribution in [1.29, 1.82) is 0 Å². The van der Waals surface area contributed by atoms with Gasteiger partial charge in [0.15, 0.2) is 0 Å². The molecular weight excluding hydrogens is 244 g/mol. The largest absolute Gasteiger partial charge is 0.297 e. The Labute approximate surface area is 75.1 Å². The van der Waals surface area contributed by atoms with Crippen LogP contribution in [0.4, 0.5) is 4.39 Å². The lowest BCUT2D eigenvalue weighted by molar-refractivity contribution is 0.246. The Bertz CT molecular complexity index is 108. The standard InChI is InChI=1S/C7H13FIN/c1-5(2)10-3-6(8)7(9)4-10/h5-7H,3-4H2,1-2H3. The maximum atomic E-state index is 12.9. The van der Waals surface area contributed by atoms with E-state index >= 15 is 0 Å². The van der Waals surface area contributed by atoms with Crippen LogP contribution in [0.5, 0.6) is 0 Å². The first kappa shape index (κ1) is 8.71. The topological polar surface area (TPSA) is 3.24 Å². The summed E-state index contributed by atoms with van der Waals surface area (Å²) >= 11 is 2.19. The maximum absolute atomic E-state index is 12.9. The van der Waals surface area contributed by atoms with Crippen LogP contribution >= 0.6 is 22.6 Å². The average molecular weight is 257 g/mol. The molecule has 1 aliphatic rings. The van der Waals surface area contributed by atoms with Crippen LogP contribution in [0.25, 0.3) is 0 Å². The third-order valence-corrected chi connectivity index (χ3v) is 3.11. The molecule has 0 amide bonds. The van der Waals surface area contributed by atoms with Crippen molar-refractivity contribution in [3.63, 3.8) is 0 Å². The lowest BCUT2D eigenvalue weighted by atomic mass is 10.3. The molecule has 1 saturated heterocycles. The minimum atomic E-state index is -0.608. The third kappa shape index (κ3) is 1.81. The maximum Gasteiger partial charge on any atom is 0.126 e. The predicted molar refractivity (Wildman–Crippen MR) is 49.4 cm³/mol. The van der Waals surface area contributed by atoms with Gasteiger partial charge in [0.05, 0.1) is 3.92 Å². The van der Waals surface area contributed by atoms with Gasteiger partial charge in [-0.1, -0.05) is 22.6 Å². The molecule has 1 nitrogen and oxygen atoms in total. The van der Waals surface area contributed by atoms with Gasteiger partial charge in [-0.3, -0.25) is 4.90 Å². The highest BCUT2D eigenvalue weighted by Gasteiger charge is 2.31. The Morgan fingerprint density at radius 2 is 2.10 bits per heavy atom. The van der Waals surface area contributed by atoms with Gasteiger partial charge in [0.25, 0.3) is 0 Å². The van der Waals surface area contributed by atoms with E-state index in [1.54, 1.807) is 0 Å². The molecule has 0 saturated carbocycles. The van der Waals surface area contributed by atoms with Gasteiger partial charge < -0.3 is 0 Å². The number of halogens is 2. The summed E-state index contributed by atoms with van der Waals surface area (Å²) in [6.45, 7) is 5.77. The zero-order valence-electron chi connectivity index (χ0n) is 6.35. The van der Waals surface area contributed by atoms with Crippen molar-refractivity contribution in [2.75, 3.05) is 13.1 Å². The Balaban J connectivity index is 2.41. The molecular formula is C7H13FIN. The van der Waals surface area contributed by atoms with Crippen LogP contribution in [-0.2, 0) is 0 Å². The van der Waals surface area contributed by atoms with Crippen LogP contribution in [-0.4, -0.2) is 34.1 Å². The molecule has 0 aromatic heterocycles. The summed E-state index contributed by atoms with van der Waals surface area (Å²) in [5.41, 5.74) is 0. The molecule has 2 atom stereocenters. The van der Waals surface area contributed by atoms with Gasteiger partial charge >= 0.3 is 0 Å². The molecule has 0 bridgehead atoms. The predicted octanol–water partition coefficient (Wildman–Crippen LogP) is 1.85. The van der Waals surface area contributed by atoms with Gasteiger partial charge in [0, 0.05) is 19.1 Å². The fraction of sp³-hybridized carbons (Fsp3) is 1.00. The van der Waals surface area contributed by atoms with E-state index in [0.717, 1.165) is 6.54 Å². The molecule has 0 N–H and O–H groups in total. The number of hydrogen-bond acceptors (Lipinski definition) is 1. The number of hydrogen-bond donors (Lipinski definition) is 0. The van der Waals surface area contributed by atoms with Gasteiger partial charge in [0.1, 0.15) is 6.17 Å². The second kappa shape index (κ2) is 3.34. The molecule has 60 valence electrons. The first-order valence-corrected chi connectivity index (χ1v) is 4.88. The van der Waals surface area contributed by atoms with E-state index in [1.807, 2.05) is 0 Å². The van der Waals surface area contributed by atoms with E-state index in [0.29, 0.717) is 12.6 Å². The molecule has 10 heavy (non-hydrogen) atoms. The summed E-state index contributed by atoms with van der Waals surface area (Å²) in [6, 6.07) is 0.498. The Kier molecular flexibility index (Phi) is 2.91. The van der Waals surface area contributed by atoms with Gasteiger partial charge in [-0.05, 0) is 13.8 Å². The minimum Gasteiger partial charge on any atom is -0.297 e. The second-order valence-electron chi connectivity index (χ2n) is 3.08. The van der Waals surface area contributed by atoms with E-state index in [2.05, 4.69) is 41.3 Å². The first-order valence-electron chi connectivity index (χ1n) is 3.63. The zero-order chi connectivity index (χ0) is 7.72. The number of rotatable bonds is 1. The summed E-state index contributed by atoms with van der Waals surface area (Å²) in [6.07, 6.45) is -0.608. The molecule has 1 heterocycles. The lowest BCUT2D eigenvalue weighted by Gasteiger charge is -2.18. The monoisotopic (exact) mass is 257 g/mol. The molecule has 1 aliphatic heterocycles. The van der Waals surface area contributed by atoms with E-state index in [9.17, 15) is 4.39 Å². The van der Waals surface area contributed by atoms with Crippen LogP contribution in [0.1, 0.15) is 13.8 Å². The van der Waals surface area contributed by atoms with Crippen LogP contribution in [0, 0.1) is 0 Å². The number of alkyl halides is 2. The van der Waals surface area contributed by atoms with Gasteiger partial charge in [0.2, 0.25) is 0 Å². The third-order valence-electron chi connectivity index (χ3n) is 1.94. The summed E-state index contributed by atoms with van der Waals surface area (Å²) in [5, 5.41) is 0. The minimum absolute atomic E-state index is 0.208. The Hall–Kier alpha value is 0.620. The van der Waals surface area contributed by atoms with E-state index in [1.165, 1.54) is 0 Å². The fourth-order valence-electron chi connectivity index (χ4n) is 1.17. The Morgan fingerprint density at radius 3 is 2.30 bits per heavy atom. The van der Waals surface area contributed by atoms with Crippen LogP contribution in [0.2, 0.25) is 0 Å². The molecule has 0 aromatic rings. The molecule has 1 fully saturated rings. The Morgan fingerprint density at radius 1 is 1.50 bits per heavy atom. The van der Waals surface area contributed by atoms with Crippen LogP contribution in [0.15, 0.2) is 0 Å². The summed E-state index contributed by atoms with van der Waals surface area (Å²) in [7, 11) is 0. The molecule has 3 heteroatoms. The van der Waals surface area contributed by atoms with Crippen molar-refractivity contribution >= 4 is 22.6 Å². The summed E-state index contributed by atoms with van der Waals surface area (Å²) < 4.78 is 13.1. The lowest BCUT2D eigenvalue weighted by Crippen LogP contribution is -2.28. The molecule has 0 radical (unpaired) electrons. The van der Waals surface area contributed by atoms with Crippen molar-refractivity contribution in [2.24, 2.45) is 0 Å². The van der Waals surface area contributed by atoms with Crippen molar-refractivity contribution in [3.8, 4) is 0 Å². The zero-order valence-corrected chi connectivity index (χ0v) is 8.51. The highest BCUT2D eigenvalue weighted by molar-refractivity contribution is 14.1.